The molecule has 1 fully saturated rings. The van der Waals surface area contributed by atoms with Crippen LogP contribution in [0, 0.1) is 11.6 Å². The van der Waals surface area contributed by atoms with Crippen LogP contribution < -0.4 is 10.6 Å². The third kappa shape index (κ3) is 6.80. The third-order valence-corrected chi connectivity index (χ3v) is 3.71. The van der Waals surface area contributed by atoms with Gasteiger partial charge in [0.15, 0.2) is 5.96 Å². The van der Waals surface area contributed by atoms with Crippen molar-refractivity contribution in [3.8, 4) is 0 Å². The highest BCUT2D eigenvalue weighted by Gasteiger charge is 2.15. The fourth-order valence-corrected chi connectivity index (χ4v) is 2.47. The molecular weight excluding hydrogens is 316 g/mol. The first-order valence-corrected chi connectivity index (χ1v) is 8.26. The second-order valence-corrected chi connectivity index (χ2v) is 5.66. The quantitative estimate of drug-likeness (QED) is 0.431. The summed E-state index contributed by atoms with van der Waals surface area (Å²) in [6.07, 6.45) is 2.58. The van der Waals surface area contributed by atoms with E-state index in [0.29, 0.717) is 37.7 Å². The van der Waals surface area contributed by atoms with Gasteiger partial charge in [-0.05, 0) is 37.0 Å². The second kappa shape index (κ2) is 10.2. The molecule has 1 aromatic carbocycles. The molecule has 0 saturated carbocycles. The Morgan fingerprint density at radius 1 is 1.25 bits per heavy atom. The fraction of sp³-hybridized carbons (Fsp3) is 0.588. The van der Waals surface area contributed by atoms with Crippen molar-refractivity contribution in [2.75, 3.05) is 40.0 Å². The number of rotatable bonds is 8. The largest absolute Gasteiger partial charge is 0.379 e. The topological polar surface area (TPSA) is 54.9 Å². The van der Waals surface area contributed by atoms with Crippen LogP contribution in [0.15, 0.2) is 23.2 Å². The minimum atomic E-state index is -0.555. The molecule has 0 aliphatic carbocycles. The Balaban J connectivity index is 1.58. The van der Waals surface area contributed by atoms with E-state index in [9.17, 15) is 8.78 Å². The number of nitrogens with zero attached hydrogens (tertiary/aromatic N) is 1. The molecule has 0 aromatic heterocycles. The molecular formula is C17H25F2N3O2. The zero-order valence-electron chi connectivity index (χ0n) is 14.0. The Kier molecular flexibility index (Phi) is 7.91. The van der Waals surface area contributed by atoms with E-state index in [2.05, 4.69) is 15.6 Å². The molecule has 0 spiro atoms. The van der Waals surface area contributed by atoms with Gasteiger partial charge in [0.25, 0.3) is 0 Å². The summed E-state index contributed by atoms with van der Waals surface area (Å²) in [5.41, 5.74) is 0.614. The number of halogens is 2. The summed E-state index contributed by atoms with van der Waals surface area (Å²) in [5, 5.41) is 6.31. The normalized spacial score (nSPS) is 18.0. The fourth-order valence-electron chi connectivity index (χ4n) is 2.47. The molecule has 1 saturated heterocycles. The van der Waals surface area contributed by atoms with Crippen LogP contribution in [0.5, 0.6) is 0 Å². The van der Waals surface area contributed by atoms with Crippen molar-refractivity contribution in [3.63, 3.8) is 0 Å². The molecule has 0 bridgehead atoms. The van der Waals surface area contributed by atoms with Crippen LogP contribution in [0.2, 0.25) is 0 Å². The Morgan fingerprint density at radius 3 is 2.67 bits per heavy atom. The summed E-state index contributed by atoms with van der Waals surface area (Å²) >= 11 is 0. The summed E-state index contributed by atoms with van der Waals surface area (Å²) in [6, 6.07) is 3.55. The number of benzene rings is 1. The van der Waals surface area contributed by atoms with Gasteiger partial charge in [0.2, 0.25) is 0 Å². The molecule has 1 aliphatic rings. The van der Waals surface area contributed by atoms with Crippen LogP contribution in [0.25, 0.3) is 0 Å². The SMILES string of the molecule is CN=C(NCCCOC1CCOC1)NCCc1cc(F)cc(F)c1. The predicted octanol–water partition coefficient (Wildman–Crippen LogP) is 1.87. The summed E-state index contributed by atoms with van der Waals surface area (Å²) in [5.74, 6) is -0.448. The van der Waals surface area contributed by atoms with Gasteiger partial charge in [-0.15, -0.1) is 0 Å². The Labute approximate surface area is 141 Å². The van der Waals surface area contributed by atoms with E-state index < -0.39 is 11.6 Å². The first kappa shape index (κ1) is 18.6. The lowest BCUT2D eigenvalue weighted by Gasteiger charge is -2.13. The maximum Gasteiger partial charge on any atom is 0.190 e. The van der Waals surface area contributed by atoms with Crippen molar-refractivity contribution in [3.05, 3.63) is 35.4 Å². The van der Waals surface area contributed by atoms with Crippen LogP contribution in [0.3, 0.4) is 0 Å². The monoisotopic (exact) mass is 341 g/mol. The van der Waals surface area contributed by atoms with E-state index >= 15 is 0 Å². The van der Waals surface area contributed by atoms with Crippen molar-refractivity contribution in [2.24, 2.45) is 4.99 Å². The lowest BCUT2D eigenvalue weighted by Crippen LogP contribution is -2.39. The zero-order chi connectivity index (χ0) is 17.2. The lowest BCUT2D eigenvalue weighted by molar-refractivity contribution is 0.0420. The molecule has 1 aliphatic heterocycles. The first-order valence-electron chi connectivity index (χ1n) is 8.26. The van der Waals surface area contributed by atoms with Gasteiger partial charge in [-0.2, -0.15) is 0 Å². The molecule has 1 atom stereocenters. The van der Waals surface area contributed by atoms with Crippen LogP contribution in [-0.2, 0) is 15.9 Å². The standard InChI is InChI=1S/C17H25F2N3O2/c1-20-17(21-5-2-7-24-16-4-8-23-12-16)22-6-3-13-9-14(18)11-15(19)10-13/h9-11,16H,2-8,12H2,1H3,(H2,20,21,22). The highest BCUT2D eigenvalue weighted by atomic mass is 19.1. The van der Waals surface area contributed by atoms with Crippen LogP contribution in [0.1, 0.15) is 18.4 Å². The summed E-state index contributed by atoms with van der Waals surface area (Å²) in [4.78, 5) is 4.11. The molecule has 1 heterocycles. The van der Waals surface area contributed by atoms with Gasteiger partial charge in [-0.3, -0.25) is 4.99 Å². The molecule has 5 nitrogen and oxygen atoms in total. The molecule has 2 rings (SSSR count). The number of hydrogen-bond acceptors (Lipinski definition) is 3. The average molecular weight is 341 g/mol. The number of ether oxygens (including phenoxy) is 2. The van der Waals surface area contributed by atoms with Crippen molar-refractivity contribution in [2.45, 2.75) is 25.4 Å². The molecule has 1 unspecified atom stereocenters. The van der Waals surface area contributed by atoms with E-state index in [1.165, 1.54) is 12.1 Å². The molecule has 2 N–H and O–H groups in total. The molecule has 7 heteroatoms. The second-order valence-electron chi connectivity index (χ2n) is 5.66. The number of aliphatic imine (C=N–C) groups is 1. The lowest BCUT2D eigenvalue weighted by atomic mass is 10.1. The van der Waals surface area contributed by atoms with Crippen molar-refractivity contribution in [1.29, 1.82) is 0 Å². The molecule has 1 aromatic rings. The van der Waals surface area contributed by atoms with Gasteiger partial charge in [-0.25, -0.2) is 8.78 Å². The minimum absolute atomic E-state index is 0.231. The number of hydrogen-bond donors (Lipinski definition) is 2. The van der Waals surface area contributed by atoms with Gasteiger partial charge >= 0.3 is 0 Å². The highest BCUT2D eigenvalue weighted by molar-refractivity contribution is 5.79. The van der Waals surface area contributed by atoms with Crippen molar-refractivity contribution >= 4 is 5.96 Å². The molecule has 0 radical (unpaired) electrons. The van der Waals surface area contributed by atoms with Gasteiger partial charge in [-0.1, -0.05) is 0 Å². The van der Waals surface area contributed by atoms with E-state index in [4.69, 9.17) is 9.47 Å². The summed E-state index contributed by atoms with van der Waals surface area (Å²) in [6.45, 7) is 3.44. The highest BCUT2D eigenvalue weighted by Crippen LogP contribution is 2.08. The minimum Gasteiger partial charge on any atom is -0.379 e. The summed E-state index contributed by atoms with van der Waals surface area (Å²) < 4.78 is 37.2. The smallest absolute Gasteiger partial charge is 0.190 e. The van der Waals surface area contributed by atoms with Crippen LogP contribution >= 0.6 is 0 Å². The predicted molar refractivity (Wildman–Crippen MR) is 89.2 cm³/mol. The average Bonchev–Trinajstić information content (AvgIpc) is 3.05. The Hall–Kier alpha value is -1.73. The zero-order valence-corrected chi connectivity index (χ0v) is 14.0. The van der Waals surface area contributed by atoms with Crippen molar-refractivity contribution < 1.29 is 18.3 Å². The number of guanidine groups is 1. The van der Waals surface area contributed by atoms with E-state index in [1.807, 2.05) is 0 Å². The van der Waals surface area contributed by atoms with Crippen LogP contribution in [-0.4, -0.2) is 52.0 Å². The third-order valence-electron chi connectivity index (χ3n) is 3.71. The van der Waals surface area contributed by atoms with Gasteiger partial charge in [0.1, 0.15) is 11.6 Å². The molecule has 24 heavy (non-hydrogen) atoms. The van der Waals surface area contributed by atoms with Gasteiger partial charge < -0.3 is 20.1 Å². The maximum absolute atomic E-state index is 13.1. The Morgan fingerprint density at radius 2 is 2.00 bits per heavy atom. The van der Waals surface area contributed by atoms with E-state index in [1.54, 1.807) is 7.05 Å². The van der Waals surface area contributed by atoms with E-state index in [0.717, 1.165) is 32.1 Å². The van der Waals surface area contributed by atoms with E-state index in [-0.39, 0.29) is 6.10 Å². The van der Waals surface area contributed by atoms with Crippen LogP contribution in [0.4, 0.5) is 8.78 Å². The van der Waals surface area contributed by atoms with Crippen molar-refractivity contribution in [1.82, 2.24) is 10.6 Å². The Bertz CT molecular complexity index is 514. The summed E-state index contributed by atoms with van der Waals surface area (Å²) in [7, 11) is 1.68. The first-order chi connectivity index (χ1) is 11.7. The molecule has 0 amide bonds. The maximum atomic E-state index is 13.1. The van der Waals surface area contributed by atoms with Gasteiger partial charge in [0.05, 0.1) is 12.7 Å². The number of nitrogens with one attached hydrogen (secondary N) is 2. The molecule has 134 valence electrons. The van der Waals surface area contributed by atoms with Gasteiger partial charge in [0, 0.05) is 39.4 Å².